The number of alkyl halides is 3. The average Bonchev–Trinajstić information content (AvgIpc) is 2.82. The smallest absolute Gasteiger partial charge is 0.417 e. The fraction of sp³-hybridized carbons (Fsp3) is 0.115. The minimum absolute atomic E-state index is 0.137. The SMILES string of the molecule is Cc1c(-c2cccc(Cl)c2)nc2ccccc2c1C(=O)OCC(=O)Nc1ccc(Cl)c(C(F)(F)F)c1. The summed E-state index contributed by atoms with van der Waals surface area (Å²) >= 11 is 11.7. The van der Waals surface area contributed by atoms with E-state index in [0.29, 0.717) is 38.8 Å². The van der Waals surface area contributed by atoms with Crippen LogP contribution in [-0.2, 0) is 15.7 Å². The summed E-state index contributed by atoms with van der Waals surface area (Å²) in [5.41, 5.74) is 1.26. The van der Waals surface area contributed by atoms with Crippen LogP contribution in [-0.4, -0.2) is 23.5 Å². The van der Waals surface area contributed by atoms with Crippen molar-refractivity contribution < 1.29 is 27.5 Å². The zero-order valence-corrected chi connectivity index (χ0v) is 20.1. The maximum Gasteiger partial charge on any atom is 0.417 e. The van der Waals surface area contributed by atoms with Gasteiger partial charge in [-0.3, -0.25) is 4.79 Å². The lowest BCUT2D eigenvalue weighted by Crippen LogP contribution is -2.22. The van der Waals surface area contributed by atoms with Crippen molar-refractivity contribution in [1.82, 2.24) is 4.98 Å². The highest BCUT2D eigenvalue weighted by atomic mass is 35.5. The van der Waals surface area contributed by atoms with Crippen LogP contribution >= 0.6 is 23.2 Å². The molecule has 3 aromatic carbocycles. The molecule has 1 heterocycles. The molecule has 5 nitrogen and oxygen atoms in total. The first-order valence-electron chi connectivity index (χ1n) is 10.5. The predicted molar refractivity (Wildman–Crippen MR) is 132 cm³/mol. The van der Waals surface area contributed by atoms with Crippen LogP contribution in [0.5, 0.6) is 0 Å². The Kier molecular flexibility index (Phi) is 7.19. The number of halogens is 5. The van der Waals surface area contributed by atoms with Crippen molar-refractivity contribution in [2.45, 2.75) is 13.1 Å². The maximum atomic E-state index is 13.1. The van der Waals surface area contributed by atoms with E-state index in [4.69, 9.17) is 27.9 Å². The van der Waals surface area contributed by atoms with Crippen LogP contribution in [0.15, 0.2) is 66.7 Å². The number of esters is 1. The van der Waals surface area contributed by atoms with Gasteiger partial charge in [-0.1, -0.05) is 53.5 Å². The molecule has 0 aliphatic rings. The summed E-state index contributed by atoms with van der Waals surface area (Å²) in [6, 6.07) is 16.9. The predicted octanol–water partition coefficient (Wildman–Crippen LogP) is 7.33. The van der Waals surface area contributed by atoms with E-state index in [1.807, 2.05) is 0 Å². The maximum absolute atomic E-state index is 13.1. The summed E-state index contributed by atoms with van der Waals surface area (Å²) in [4.78, 5) is 30.1. The number of carbonyl (C=O) groups is 2. The van der Waals surface area contributed by atoms with Gasteiger partial charge < -0.3 is 10.1 Å². The third-order valence-corrected chi connectivity index (χ3v) is 5.89. The Morgan fingerprint density at radius 3 is 2.47 bits per heavy atom. The summed E-state index contributed by atoms with van der Waals surface area (Å²) in [5.74, 6) is -1.60. The molecule has 0 unspecified atom stereocenters. The van der Waals surface area contributed by atoms with E-state index in [1.165, 1.54) is 6.07 Å². The van der Waals surface area contributed by atoms with Crippen LogP contribution in [0, 0.1) is 6.92 Å². The molecule has 0 atom stereocenters. The number of hydrogen-bond acceptors (Lipinski definition) is 4. The van der Waals surface area contributed by atoms with Crippen molar-refractivity contribution >= 4 is 51.7 Å². The molecule has 0 radical (unpaired) electrons. The van der Waals surface area contributed by atoms with Gasteiger partial charge >= 0.3 is 12.1 Å². The molecular weight excluding hydrogens is 516 g/mol. The van der Waals surface area contributed by atoms with E-state index in [9.17, 15) is 22.8 Å². The third-order valence-electron chi connectivity index (χ3n) is 5.33. The fourth-order valence-corrected chi connectivity index (χ4v) is 4.12. The number of pyridine rings is 1. The topological polar surface area (TPSA) is 68.3 Å². The molecule has 1 amide bonds. The van der Waals surface area contributed by atoms with E-state index in [2.05, 4.69) is 10.3 Å². The van der Waals surface area contributed by atoms with Crippen molar-refractivity contribution in [3.8, 4) is 11.3 Å². The second-order valence-electron chi connectivity index (χ2n) is 7.80. The summed E-state index contributed by atoms with van der Waals surface area (Å²) in [6.07, 6.45) is -4.69. The first-order valence-corrected chi connectivity index (χ1v) is 11.3. The minimum Gasteiger partial charge on any atom is -0.452 e. The number of ether oxygens (including phenoxy) is 1. The van der Waals surface area contributed by atoms with Gasteiger partial charge in [0, 0.05) is 21.7 Å². The Hall–Kier alpha value is -3.62. The lowest BCUT2D eigenvalue weighted by Gasteiger charge is -2.15. The number of fused-ring (bicyclic) bond motifs is 1. The molecule has 1 aromatic heterocycles. The van der Waals surface area contributed by atoms with E-state index in [1.54, 1.807) is 55.5 Å². The van der Waals surface area contributed by atoms with Gasteiger partial charge in [0.2, 0.25) is 0 Å². The number of nitrogens with zero attached hydrogens (tertiary/aromatic N) is 1. The molecule has 36 heavy (non-hydrogen) atoms. The highest BCUT2D eigenvalue weighted by molar-refractivity contribution is 6.31. The lowest BCUT2D eigenvalue weighted by atomic mass is 9.98. The van der Waals surface area contributed by atoms with Crippen molar-refractivity contribution in [2.75, 3.05) is 11.9 Å². The monoisotopic (exact) mass is 532 g/mol. The Balaban J connectivity index is 1.58. The fourth-order valence-electron chi connectivity index (χ4n) is 3.71. The minimum atomic E-state index is -4.69. The molecule has 0 fully saturated rings. The summed E-state index contributed by atoms with van der Waals surface area (Å²) in [6.45, 7) is 0.990. The van der Waals surface area contributed by atoms with Crippen LogP contribution in [0.1, 0.15) is 21.5 Å². The third kappa shape index (κ3) is 5.45. The largest absolute Gasteiger partial charge is 0.452 e. The number of aromatic nitrogens is 1. The molecule has 0 saturated carbocycles. The van der Waals surface area contributed by atoms with Gasteiger partial charge in [0.1, 0.15) is 0 Å². The molecule has 0 saturated heterocycles. The second-order valence-corrected chi connectivity index (χ2v) is 8.65. The van der Waals surface area contributed by atoms with Gasteiger partial charge in [-0.05, 0) is 48.9 Å². The van der Waals surface area contributed by atoms with Gasteiger partial charge in [0.15, 0.2) is 6.61 Å². The molecular formula is C26H17Cl2F3N2O3. The van der Waals surface area contributed by atoms with Gasteiger partial charge in [-0.2, -0.15) is 13.2 Å². The number of nitrogens with one attached hydrogen (secondary N) is 1. The number of benzene rings is 3. The summed E-state index contributed by atoms with van der Waals surface area (Å²) in [5, 5.41) is 2.81. The Labute approximate surface area is 213 Å². The van der Waals surface area contributed by atoms with E-state index < -0.39 is 35.2 Å². The van der Waals surface area contributed by atoms with E-state index >= 15 is 0 Å². The van der Waals surface area contributed by atoms with E-state index in [-0.39, 0.29) is 11.3 Å². The number of para-hydroxylation sites is 1. The summed E-state index contributed by atoms with van der Waals surface area (Å²) < 4.78 is 44.4. The van der Waals surface area contributed by atoms with Crippen molar-refractivity contribution in [1.29, 1.82) is 0 Å². The highest BCUT2D eigenvalue weighted by Gasteiger charge is 2.33. The highest BCUT2D eigenvalue weighted by Crippen LogP contribution is 2.36. The van der Waals surface area contributed by atoms with Gasteiger partial charge in [-0.25, -0.2) is 9.78 Å². The lowest BCUT2D eigenvalue weighted by molar-refractivity contribution is -0.137. The number of hydrogen-bond donors (Lipinski definition) is 1. The summed E-state index contributed by atoms with van der Waals surface area (Å²) in [7, 11) is 0. The first kappa shape index (κ1) is 25.5. The van der Waals surface area contributed by atoms with Crippen molar-refractivity contribution in [3.05, 3.63) is 93.5 Å². The molecule has 0 aliphatic heterocycles. The van der Waals surface area contributed by atoms with Crippen LogP contribution in [0.2, 0.25) is 10.0 Å². The number of anilines is 1. The first-order chi connectivity index (χ1) is 17.0. The van der Waals surface area contributed by atoms with Gasteiger partial charge in [0.25, 0.3) is 5.91 Å². The molecule has 4 aromatic rings. The standard InChI is InChI=1S/C26H17Cl2F3N2O3/c1-14-23(18-7-2-3-8-21(18)33-24(14)15-5-4-6-16(27)11-15)25(35)36-13-22(34)32-17-9-10-20(28)19(12-17)26(29,30)31/h2-12H,13H2,1H3,(H,32,34). The Bertz CT molecular complexity index is 1490. The van der Waals surface area contributed by atoms with Crippen LogP contribution in [0.4, 0.5) is 18.9 Å². The molecule has 1 N–H and O–H groups in total. The number of rotatable bonds is 5. The normalized spacial score (nSPS) is 11.4. The second kappa shape index (κ2) is 10.2. The van der Waals surface area contributed by atoms with Gasteiger partial charge in [0.05, 0.1) is 27.4 Å². The van der Waals surface area contributed by atoms with Crippen LogP contribution in [0.25, 0.3) is 22.2 Å². The Morgan fingerprint density at radius 1 is 1.00 bits per heavy atom. The Morgan fingerprint density at radius 2 is 1.75 bits per heavy atom. The van der Waals surface area contributed by atoms with Crippen molar-refractivity contribution in [3.63, 3.8) is 0 Å². The molecule has 0 spiro atoms. The van der Waals surface area contributed by atoms with Crippen molar-refractivity contribution in [2.24, 2.45) is 0 Å². The van der Waals surface area contributed by atoms with Crippen LogP contribution < -0.4 is 5.32 Å². The zero-order valence-electron chi connectivity index (χ0n) is 18.6. The van der Waals surface area contributed by atoms with Crippen LogP contribution in [0.3, 0.4) is 0 Å². The van der Waals surface area contributed by atoms with Gasteiger partial charge in [-0.15, -0.1) is 0 Å². The molecule has 0 aliphatic carbocycles. The van der Waals surface area contributed by atoms with E-state index in [0.717, 1.165) is 6.07 Å². The molecule has 4 rings (SSSR count). The average molecular weight is 533 g/mol. The molecule has 184 valence electrons. The quantitative estimate of drug-likeness (QED) is 0.273. The molecule has 10 heteroatoms. The molecule has 0 bridgehead atoms. The zero-order chi connectivity index (χ0) is 26.0. The number of carbonyl (C=O) groups excluding carboxylic acids is 2. The number of amides is 1.